The van der Waals surface area contributed by atoms with Crippen LogP contribution in [0, 0.1) is 5.41 Å². The van der Waals surface area contributed by atoms with E-state index in [1.54, 1.807) is 21.3 Å². The van der Waals surface area contributed by atoms with E-state index in [-0.39, 0.29) is 5.79 Å². The molecular weight excluding hydrogens is 220 g/mol. The molecule has 2 fully saturated rings. The molecule has 0 N–H and O–H groups in total. The highest BCUT2D eigenvalue weighted by Gasteiger charge is 2.58. The van der Waals surface area contributed by atoms with Crippen molar-refractivity contribution in [2.75, 3.05) is 21.3 Å². The molecule has 0 aromatic rings. The second kappa shape index (κ2) is 4.34. The maximum absolute atomic E-state index is 11.1. The SMILES string of the molecule is COC1(C=O)CCC2(CC1)CC(OC)(OC)C2. The Kier molecular flexibility index (Phi) is 3.31. The number of aldehydes is 1. The Morgan fingerprint density at radius 2 is 1.41 bits per heavy atom. The second-order valence-corrected chi connectivity index (χ2v) is 5.56. The number of rotatable bonds is 4. The van der Waals surface area contributed by atoms with Gasteiger partial charge < -0.3 is 19.0 Å². The highest BCUT2D eigenvalue weighted by Crippen LogP contribution is 2.59. The summed E-state index contributed by atoms with van der Waals surface area (Å²) in [5.41, 5.74) is -0.235. The smallest absolute Gasteiger partial charge is 0.168 e. The van der Waals surface area contributed by atoms with Crippen LogP contribution in [-0.4, -0.2) is 39.0 Å². The topological polar surface area (TPSA) is 44.8 Å². The predicted molar refractivity (Wildman–Crippen MR) is 62.7 cm³/mol. The maximum Gasteiger partial charge on any atom is 0.168 e. The monoisotopic (exact) mass is 242 g/mol. The summed E-state index contributed by atoms with van der Waals surface area (Å²) in [5, 5.41) is 0. The highest BCUT2D eigenvalue weighted by molar-refractivity contribution is 5.62. The van der Waals surface area contributed by atoms with Gasteiger partial charge in [0.05, 0.1) is 0 Å². The number of hydrogen-bond donors (Lipinski definition) is 0. The molecule has 0 unspecified atom stereocenters. The lowest BCUT2D eigenvalue weighted by Gasteiger charge is -2.57. The minimum Gasteiger partial charge on any atom is -0.371 e. The van der Waals surface area contributed by atoms with Crippen molar-refractivity contribution in [3.63, 3.8) is 0 Å². The van der Waals surface area contributed by atoms with Gasteiger partial charge in [0.1, 0.15) is 5.60 Å². The fraction of sp³-hybridized carbons (Fsp3) is 0.923. The molecule has 2 aliphatic rings. The molecule has 98 valence electrons. The first-order chi connectivity index (χ1) is 8.07. The van der Waals surface area contributed by atoms with E-state index in [4.69, 9.17) is 14.2 Å². The average Bonchev–Trinajstić information content (AvgIpc) is 2.36. The van der Waals surface area contributed by atoms with Crippen molar-refractivity contribution in [3.8, 4) is 0 Å². The van der Waals surface area contributed by atoms with Crippen molar-refractivity contribution in [2.24, 2.45) is 5.41 Å². The van der Waals surface area contributed by atoms with Crippen molar-refractivity contribution in [3.05, 3.63) is 0 Å². The van der Waals surface area contributed by atoms with E-state index in [0.29, 0.717) is 5.41 Å². The van der Waals surface area contributed by atoms with Gasteiger partial charge in [0, 0.05) is 34.2 Å². The number of ether oxygens (including phenoxy) is 3. The van der Waals surface area contributed by atoms with Crippen LogP contribution in [0.15, 0.2) is 0 Å². The van der Waals surface area contributed by atoms with Crippen LogP contribution in [0.5, 0.6) is 0 Å². The van der Waals surface area contributed by atoms with E-state index >= 15 is 0 Å². The van der Waals surface area contributed by atoms with Gasteiger partial charge in [-0.15, -0.1) is 0 Å². The summed E-state index contributed by atoms with van der Waals surface area (Å²) in [5.74, 6) is -0.381. The van der Waals surface area contributed by atoms with Crippen LogP contribution >= 0.6 is 0 Å². The van der Waals surface area contributed by atoms with Gasteiger partial charge in [-0.25, -0.2) is 0 Å². The van der Waals surface area contributed by atoms with Crippen LogP contribution in [0.4, 0.5) is 0 Å². The maximum atomic E-state index is 11.1. The Bertz CT molecular complexity index is 278. The normalized spacial score (nSPS) is 28.6. The fourth-order valence-electron chi connectivity index (χ4n) is 3.39. The number of methoxy groups -OCH3 is 3. The van der Waals surface area contributed by atoms with Crippen LogP contribution in [0.1, 0.15) is 38.5 Å². The Hall–Kier alpha value is -0.450. The number of hydrogen-bond acceptors (Lipinski definition) is 4. The molecule has 17 heavy (non-hydrogen) atoms. The molecule has 0 amide bonds. The molecule has 0 aromatic heterocycles. The average molecular weight is 242 g/mol. The molecule has 0 saturated heterocycles. The van der Waals surface area contributed by atoms with E-state index < -0.39 is 5.60 Å². The summed E-state index contributed by atoms with van der Waals surface area (Å²) in [4.78, 5) is 11.1. The lowest BCUT2D eigenvalue weighted by atomic mass is 9.55. The zero-order valence-corrected chi connectivity index (χ0v) is 11.0. The summed E-state index contributed by atoms with van der Waals surface area (Å²) in [6.45, 7) is 0. The lowest BCUT2D eigenvalue weighted by Crippen LogP contribution is -2.57. The van der Waals surface area contributed by atoms with E-state index in [1.165, 1.54) is 0 Å². The molecule has 2 rings (SSSR count). The van der Waals surface area contributed by atoms with Gasteiger partial charge in [0.2, 0.25) is 0 Å². The third-order valence-corrected chi connectivity index (χ3v) is 4.81. The molecule has 0 aromatic carbocycles. The van der Waals surface area contributed by atoms with Gasteiger partial charge in [-0.1, -0.05) is 0 Å². The first-order valence-electron chi connectivity index (χ1n) is 6.19. The van der Waals surface area contributed by atoms with Crippen molar-refractivity contribution in [1.29, 1.82) is 0 Å². The Morgan fingerprint density at radius 1 is 0.882 bits per heavy atom. The quantitative estimate of drug-likeness (QED) is 0.558. The highest BCUT2D eigenvalue weighted by atomic mass is 16.7. The third-order valence-electron chi connectivity index (χ3n) is 4.81. The first kappa shape index (κ1) is 13.0. The van der Waals surface area contributed by atoms with Crippen LogP contribution in [0.2, 0.25) is 0 Å². The molecule has 2 saturated carbocycles. The minimum atomic E-state index is -0.538. The molecular formula is C13H22O4. The zero-order valence-electron chi connectivity index (χ0n) is 11.0. The van der Waals surface area contributed by atoms with Crippen LogP contribution < -0.4 is 0 Å². The molecule has 0 atom stereocenters. The van der Waals surface area contributed by atoms with E-state index in [0.717, 1.165) is 44.8 Å². The summed E-state index contributed by atoms with van der Waals surface area (Å²) < 4.78 is 16.2. The van der Waals surface area contributed by atoms with Crippen molar-refractivity contribution in [2.45, 2.75) is 49.9 Å². The van der Waals surface area contributed by atoms with Crippen LogP contribution in [0.3, 0.4) is 0 Å². The van der Waals surface area contributed by atoms with Gasteiger partial charge in [-0.3, -0.25) is 0 Å². The molecule has 0 bridgehead atoms. The van der Waals surface area contributed by atoms with E-state index in [9.17, 15) is 4.79 Å². The number of carbonyl (C=O) groups excluding carboxylic acids is 1. The van der Waals surface area contributed by atoms with Crippen molar-refractivity contribution in [1.82, 2.24) is 0 Å². The van der Waals surface area contributed by atoms with Gasteiger partial charge in [0.15, 0.2) is 12.1 Å². The summed E-state index contributed by atoms with van der Waals surface area (Å²) >= 11 is 0. The van der Waals surface area contributed by atoms with Gasteiger partial charge in [-0.2, -0.15) is 0 Å². The zero-order chi connectivity index (χ0) is 12.6. The standard InChI is InChI=1S/C13H22O4/c1-15-12(10-14)6-4-11(5-7-12)8-13(9-11,16-2)17-3/h10H,4-9H2,1-3H3. The van der Waals surface area contributed by atoms with E-state index in [1.807, 2.05) is 0 Å². The molecule has 4 heteroatoms. The van der Waals surface area contributed by atoms with Crippen molar-refractivity contribution < 1.29 is 19.0 Å². The molecule has 2 aliphatic carbocycles. The van der Waals surface area contributed by atoms with Crippen LogP contribution in [0.25, 0.3) is 0 Å². The first-order valence-corrected chi connectivity index (χ1v) is 6.19. The largest absolute Gasteiger partial charge is 0.371 e. The fourth-order valence-corrected chi connectivity index (χ4v) is 3.39. The molecule has 1 spiro atoms. The summed E-state index contributed by atoms with van der Waals surface area (Å²) in [6, 6.07) is 0. The predicted octanol–water partition coefficient (Wildman–Crippen LogP) is 1.91. The van der Waals surface area contributed by atoms with E-state index in [2.05, 4.69) is 0 Å². The molecule has 0 heterocycles. The van der Waals surface area contributed by atoms with Gasteiger partial charge in [0.25, 0.3) is 0 Å². The lowest BCUT2D eigenvalue weighted by molar-refractivity contribution is -0.305. The van der Waals surface area contributed by atoms with Crippen molar-refractivity contribution >= 4 is 6.29 Å². The number of carbonyl (C=O) groups is 1. The molecule has 0 aliphatic heterocycles. The summed E-state index contributed by atoms with van der Waals surface area (Å²) in [6.07, 6.45) is 6.52. The minimum absolute atomic E-state index is 0.303. The molecule has 0 radical (unpaired) electrons. The third kappa shape index (κ3) is 2.02. The summed E-state index contributed by atoms with van der Waals surface area (Å²) in [7, 11) is 5.02. The van der Waals surface area contributed by atoms with Gasteiger partial charge in [-0.05, 0) is 31.1 Å². The van der Waals surface area contributed by atoms with Gasteiger partial charge >= 0.3 is 0 Å². The Balaban J connectivity index is 1.95. The Morgan fingerprint density at radius 3 is 1.76 bits per heavy atom. The molecule has 4 nitrogen and oxygen atoms in total. The Labute approximate surface area is 103 Å². The van der Waals surface area contributed by atoms with Crippen LogP contribution in [-0.2, 0) is 19.0 Å². The second-order valence-electron chi connectivity index (χ2n) is 5.56.